The van der Waals surface area contributed by atoms with Gasteiger partial charge in [-0.1, -0.05) is 38.1 Å². The van der Waals surface area contributed by atoms with E-state index in [-0.39, 0.29) is 6.03 Å². The van der Waals surface area contributed by atoms with E-state index in [0.717, 1.165) is 27.4 Å². The molecule has 164 valence electrons. The first-order chi connectivity index (χ1) is 15.4. The van der Waals surface area contributed by atoms with E-state index in [0.29, 0.717) is 11.6 Å². The van der Waals surface area contributed by atoms with Crippen molar-refractivity contribution < 1.29 is 9.53 Å². The van der Waals surface area contributed by atoms with Crippen LogP contribution in [0.5, 0.6) is 5.75 Å². The van der Waals surface area contributed by atoms with E-state index in [1.54, 1.807) is 11.3 Å². The van der Waals surface area contributed by atoms with Crippen LogP contribution in [0.2, 0.25) is 0 Å². The third-order valence-electron chi connectivity index (χ3n) is 5.11. The summed E-state index contributed by atoms with van der Waals surface area (Å²) in [5, 5.41) is 6.66. The Balaban J connectivity index is 1.37. The van der Waals surface area contributed by atoms with E-state index in [9.17, 15) is 4.79 Å². The molecule has 0 radical (unpaired) electrons. The van der Waals surface area contributed by atoms with E-state index in [1.807, 2.05) is 61.5 Å². The Morgan fingerprint density at radius 2 is 1.75 bits per heavy atom. The van der Waals surface area contributed by atoms with Crippen LogP contribution in [0, 0.1) is 6.92 Å². The van der Waals surface area contributed by atoms with E-state index in [1.165, 1.54) is 10.3 Å². The van der Waals surface area contributed by atoms with E-state index < -0.39 is 6.23 Å². The first kappa shape index (κ1) is 21.8. The highest BCUT2D eigenvalue weighted by atomic mass is 32.1. The highest BCUT2D eigenvalue weighted by Crippen LogP contribution is 2.31. The van der Waals surface area contributed by atoms with Gasteiger partial charge in [-0.2, -0.15) is 0 Å². The van der Waals surface area contributed by atoms with Crippen LogP contribution >= 0.6 is 11.3 Å². The van der Waals surface area contributed by atoms with Gasteiger partial charge in [-0.25, -0.2) is 9.78 Å². The molecule has 1 unspecified atom stereocenters. The molecule has 0 fully saturated rings. The molecule has 0 aliphatic heterocycles. The van der Waals surface area contributed by atoms with Gasteiger partial charge in [-0.15, -0.1) is 11.3 Å². The number of aromatic nitrogens is 1. The van der Waals surface area contributed by atoms with Crippen LogP contribution in [0.15, 0.2) is 66.7 Å². The van der Waals surface area contributed by atoms with Crippen molar-refractivity contribution in [2.75, 3.05) is 5.32 Å². The summed E-state index contributed by atoms with van der Waals surface area (Å²) in [5.74, 6) is 1.12. The molecule has 0 bridgehead atoms. The number of thiazole rings is 1. The number of nitrogens with one attached hydrogen (secondary N) is 2. The van der Waals surface area contributed by atoms with Crippen LogP contribution in [0.25, 0.3) is 20.8 Å². The fourth-order valence-electron chi connectivity index (χ4n) is 3.49. The lowest BCUT2D eigenvalue weighted by Crippen LogP contribution is -2.39. The van der Waals surface area contributed by atoms with E-state index >= 15 is 0 Å². The summed E-state index contributed by atoms with van der Waals surface area (Å²) >= 11 is 1.67. The summed E-state index contributed by atoms with van der Waals surface area (Å²) < 4.78 is 7.13. The summed E-state index contributed by atoms with van der Waals surface area (Å²) in [7, 11) is 0. The number of benzene rings is 3. The Hall–Kier alpha value is -3.38. The number of urea groups is 1. The first-order valence-corrected chi connectivity index (χ1v) is 11.5. The fourth-order valence-corrected chi connectivity index (χ4v) is 4.56. The third kappa shape index (κ3) is 5.08. The number of hydrogen-bond donors (Lipinski definition) is 2. The fraction of sp³-hybridized carbons (Fsp3) is 0.231. The monoisotopic (exact) mass is 445 g/mol. The largest absolute Gasteiger partial charge is 0.471 e. The minimum Gasteiger partial charge on any atom is -0.471 e. The van der Waals surface area contributed by atoms with E-state index in [4.69, 9.17) is 9.72 Å². The Labute approximate surface area is 192 Å². The number of aryl methyl sites for hydroxylation is 1. The maximum Gasteiger partial charge on any atom is 0.322 e. The van der Waals surface area contributed by atoms with Crippen molar-refractivity contribution in [3.63, 3.8) is 0 Å². The highest BCUT2D eigenvalue weighted by molar-refractivity contribution is 7.21. The second-order valence-corrected chi connectivity index (χ2v) is 9.15. The Morgan fingerprint density at radius 3 is 2.50 bits per heavy atom. The normalized spacial score (nSPS) is 12.0. The van der Waals surface area contributed by atoms with Crippen molar-refractivity contribution >= 4 is 33.3 Å². The van der Waals surface area contributed by atoms with Crippen LogP contribution in [0.1, 0.15) is 37.8 Å². The lowest BCUT2D eigenvalue weighted by atomic mass is 10.0. The molecule has 1 atom stereocenters. The minimum atomic E-state index is -0.472. The summed E-state index contributed by atoms with van der Waals surface area (Å²) in [6.07, 6.45) is -0.472. The second-order valence-electron chi connectivity index (χ2n) is 8.12. The molecule has 0 aliphatic rings. The molecule has 1 heterocycles. The summed E-state index contributed by atoms with van der Waals surface area (Å²) in [4.78, 5) is 17.1. The highest BCUT2D eigenvalue weighted by Gasteiger charge is 2.13. The quantitative estimate of drug-likeness (QED) is 0.316. The van der Waals surface area contributed by atoms with Gasteiger partial charge in [-0.3, -0.25) is 0 Å². The molecular weight excluding hydrogens is 418 g/mol. The number of fused-ring (bicyclic) bond motifs is 1. The van der Waals surface area contributed by atoms with Gasteiger partial charge < -0.3 is 15.4 Å². The predicted octanol–water partition coefficient (Wildman–Crippen LogP) is 6.94. The van der Waals surface area contributed by atoms with Crippen LogP contribution in [0.3, 0.4) is 0 Å². The Kier molecular flexibility index (Phi) is 6.42. The molecule has 32 heavy (non-hydrogen) atoms. The number of carbonyl (C=O) groups excluding carboxylic acids is 1. The molecule has 4 rings (SSSR count). The van der Waals surface area contributed by atoms with Crippen LogP contribution < -0.4 is 15.4 Å². The molecule has 0 aliphatic carbocycles. The number of ether oxygens (including phenoxy) is 1. The lowest BCUT2D eigenvalue weighted by Gasteiger charge is -2.20. The Morgan fingerprint density at radius 1 is 1.00 bits per heavy atom. The Bertz CT molecular complexity index is 1230. The van der Waals surface area contributed by atoms with Crippen LogP contribution in [0.4, 0.5) is 10.5 Å². The van der Waals surface area contributed by atoms with Gasteiger partial charge in [0.1, 0.15) is 10.8 Å². The summed E-state index contributed by atoms with van der Waals surface area (Å²) in [6, 6.07) is 21.6. The zero-order valence-corrected chi connectivity index (χ0v) is 19.5. The summed E-state index contributed by atoms with van der Waals surface area (Å²) in [6.45, 7) is 8.13. The number of nitrogens with zero attached hydrogens (tertiary/aromatic N) is 1. The molecule has 2 amide bonds. The van der Waals surface area contributed by atoms with Crippen molar-refractivity contribution in [1.29, 1.82) is 0 Å². The molecular formula is C26H27N3O2S. The maximum absolute atomic E-state index is 12.4. The lowest BCUT2D eigenvalue weighted by molar-refractivity contribution is 0.181. The number of hydrogen-bond acceptors (Lipinski definition) is 4. The molecule has 3 aromatic carbocycles. The zero-order valence-electron chi connectivity index (χ0n) is 18.7. The number of anilines is 1. The standard InChI is InChI=1S/C26H27N3O2S/c1-16(2)21-7-5-6-8-23(21)31-18(4)27-26(30)28-20-12-10-19(11-13-20)25-29-22-14-9-17(3)15-24(22)32-25/h5-16,18H,1-4H3,(H2,27,28,30). The van der Waals surface area contributed by atoms with Gasteiger partial charge in [-0.05, 0) is 73.4 Å². The second kappa shape index (κ2) is 9.40. The van der Waals surface area contributed by atoms with Gasteiger partial charge in [0, 0.05) is 11.3 Å². The maximum atomic E-state index is 12.4. The van der Waals surface area contributed by atoms with Crippen molar-refractivity contribution in [2.24, 2.45) is 0 Å². The molecule has 0 spiro atoms. The van der Waals surface area contributed by atoms with Gasteiger partial charge in [0.15, 0.2) is 6.23 Å². The number of para-hydroxylation sites is 1. The third-order valence-corrected chi connectivity index (χ3v) is 6.18. The smallest absolute Gasteiger partial charge is 0.322 e. The van der Waals surface area contributed by atoms with Gasteiger partial charge >= 0.3 is 6.03 Å². The predicted molar refractivity (Wildman–Crippen MR) is 133 cm³/mol. The van der Waals surface area contributed by atoms with Crippen molar-refractivity contribution in [3.05, 3.63) is 77.9 Å². The molecule has 0 saturated carbocycles. The van der Waals surface area contributed by atoms with Crippen molar-refractivity contribution in [1.82, 2.24) is 10.3 Å². The zero-order chi connectivity index (χ0) is 22.7. The molecule has 2 N–H and O–H groups in total. The van der Waals surface area contributed by atoms with Crippen LogP contribution in [-0.4, -0.2) is 17.2 Å². The number of carbonyl (C=O) groups is 1. The van der Waals surface area contributed by atoms with Crippen molar-refractivity contribution in [3.8, 4) is 16.3 Å². The van der Waals surface area contributed by atoms with Gasteiger partial charge in [0.2, 0.25) is 0 Å². The molecule has 6 heteroatoms. The number of amides is 2. The molecule has 1 aromatic heterocycles. The first-order valence-electron chi connectivity index (χ1n) is 10.7. The molecule has 5 nitrogen and oxygen atoms in total. The average molecular weight is 446 g/mol. The molecule has 0 saturated heterocycles. The van der Waals surface area contributed by atoms with Crippen LogP contribution in [-0.2, 0) is 0 Å². The number of rotatable bonds is 6. The average Bonchev–Trinajstić information content (AvgIpc) is 3.17. The van der Waals surface area contributed by atoms with Gasteiger partial charge in [0.25, 0.3) is 0 Å². The van der Waals surface area contributed by atoms with Crippen molar-refractivity contribution in [2.45, 2.75) is 39.8 Å². The minimum absolute atomic E-state index is 0.317. The summed E-state index contributed by atoms with van der Waals surface area (Å²) in [5.41, 5.74) is 5.08. The topological polar surface area (TPSA) is 63.2 Å². The molecule has 4 aromatic rings. The van der Waals surface area contributed by atoms with E-state index in [2.05, 4.69) is 43.5 Å². The SMILES string of the molecule is Cc1ccc2nc(-c3ccc(NC(=O)NC(C)Oc4ccccc4C(C)C)cc3)sc2c1. The van der Waals surface area contributed by atoms with Gasteiger partial charge in [0.05, 0.1) is 10.2 Å².